The van der Waals surface area contributed by atoms with E-state index in [1.165, 1.54) is 11.3 Å². The zero-order valence-corrected chi connectivity index (χ0v) is 8.97. The first-order chi connectivity index (χ1) is 6.18. The molecule has 0 atom stereocenters. The summed E-state index contributed by atoms with van der Waals surface area (Å²) >= 11 is 1.84. The summed E-state index contributed by atoms with van der Waals surface area (Å²) in [4.78, 5) is 5.16. The molecule has 0 aliphatic heterocycles. The first kappa shape index (κ1) is 10.4. The number of hydrogen-bond donors (Lipinski definition) is 1. The van der Waals surface area contributed by atoms with Crippen LogP contribution in [0.3, 0.4) is 0 Å². The lowest BCUT2D eigenvalue weighted by molar-refractivity contribution is 0.632. The molecule has 1 aromatic rings. The SMILES string of the molecule is CC(C)CCSc1ccnc(N)c1. The molecule has 0 spiro atoms. The van der Waals surface area contributed by atoms with Crippen LogP contribution >= 0.6 is 11.8 Å². The molecule has 2 nitrogen and oxygen atoms in total. The van der Waals surface area contributed by atoms with Gasteiger partial charge in [-0.3, -0.25) is 0 Å². The monoisotopic (exact) mass is 196 g/mol. The third-order valence-corrected chi connectivity index (χ3v) is 2.74. The van der Waals surface area contributed by atoms with Crippen LogP contribution in [0.5, 0.6) is 0 Å². The first-order valence-electron chi connectivity index (χ1n) is 4.53. The van der Waals surface area contributed by atoms with Gasteiger partial charge in [0.25, 0.3) is 0 Å². The summed E-state index contributed by atoms with van der Waals surface area (Å²) in [5.74, 6) is 2.53. The second-order valence-corrected chi connectivity index (χ2v) is 4.62. The Morgan fingerprint density at radius 2 is 2.31 bits per heavy atom. The van der Waals surface area contributed by atoms with Gasteiger partial charge in [-0.1, -0.05) is 13.8 Å². The fourth-order valence-corrected chi connectivity index (χ4v) is 2.12. The molecule has 0 aliphatic rings. The molecule has 0 radical (unpaired) electrons. The number of thioether (sulfide) groups is 1. The number of nitrogens with two attached hydrogens (primary N) is 1. The van der Waals surface area contributed by atoms with E-state index in [1.807, 2.05) is 23.9 Å². The molecule has 2 N–H and O–H groups in total. The second-order valence-electron chi connectivity index (χ2n) is 3.45. The highest BCUT2D eigenvalue weighted by atomic mass is 32.2. The van der Waals surface area contributed by atoms with Crippen molar-refractivity contribution in [2.75, 3.05) is 11.5 Å². The summed E-state index contributed by atoms with van der Waals surface area (Å²) < 4.78 is 0. The van der Waals surface area contributed by atoms with Crippen LogP contribution in [0.4, 0.5) is 5.82 Å². The summed E-state index contributed by atoms with van der Waals surface area (Å²) in [5, 5.41) is 0. The minimum atomic E-state index is 0.606. The molecule has 0 amide bonds. The van der Waals surface area contributed by atoms with Gasteiger partial charge in [-0.05, 0) is 30.2 Å². The van der Waals surface area contributed by atoms with Gasteiger partial charge in [0.2, 0.25) is 0 Å². The predicted molar refractivity (Wildman–Crippen MR) is 58.8 cm³/mol. The quantitative estimate of drug-likeness (QED) is 0.753. The van der Waals surface area contributed by atoms with Gasteiger partial charge >= 0.3 is 0 Å². The Kier molecular flexibility index (Phi) is 4.09. The van der Waals surface area contributed by atoms with Gasteiger partial charge < -0.3 is 5.73 Å². The maximum Gasteiger partial charge on any atom is 0.124 e. The van der Waals surface area contributed by atoms with E-state index in [0.717, 1.165) is 11.7 Å². The van der Waals surface area contributed by atoms with Gasteiger partial charge in [-0.25, -0.2) is 4.98 Å². The zero-order valence-electron chi connectivity index (χ0n) is 8.16. The van der Waals surface area contributed by atoms with Gasteiger partial charge in [-0.2, -0.15) is 0 Å². The molecule has 0 aromatic carbocycles. The smallest absolute Gasteiger partial charge is 0.124 e. The highest BCUT2D eigenvalue weighted by Crippen LogP contribution is 2.20. The van der Waals surface area contributed by atoms with E-state index in [-0.39, 0.29) is 0 Å². The summed E-state index contributed by atoms with van der Waals surface area (Å²) in [7, 11) is 0. The molecule has 0 aliphatic carbocycles. The lowest BCUT2D eigenvalue weighted by atomic mass is 10.2. The van der Waals surface area contributed by atoms with Crippen molar-refractivity contribution >= 4 is 17.6 Å². The van der Waals surface area contributed by atoms with Gasteiger partial charge in [0, 0.05) is 11.1 Å². The maximum atomic E-state index is 5.57. The molecule has 0 unspecified atom stereocenters. The average Bonchev–Trinajstić information content (AvgIpc) is 2.03. The Bertz CT molecular complexity index is 261. The number of nitrogen functional groups attached to an aromatic ring is 1. The minimum Gasteiger partial charge on any atom is -0.384 e. The first-order valence-corrected chi connectivity index (χ1v) is 5.51. The topological polar surface area (TPSA) is 38.9 Å². The second kappa shape index (κ2) is 5.12. The molecule has 1 heterocycles. The summed E-state index contributed by atoms with van der Waals surface area (Å²) in [6, 6.07) is 3.92. The van der Waals surface area contributed by atoms with Crippen molar-refractivity contribution in [1.29, 1.82) is 0 Å². The summed E-state index contributed by atoms with van der Waals surface area (Å²) in [6.07, 6.45) is 3.00. The summed E-state index contributed by atoms with van der Waals surface area (Å²) in [5.41, 5.74) is 5.57. The van der Waals surface area contributed by atoms with Crippen molar-refractivity contribution in [2.45, 2.75) is 25.2 Å². The minimum absolute atomic E-state index is 0.606. The number of hydrogen-bond acceptors (Lipinski definition) is 3. The van der Waals surface area contributed by atoms with Crippen molar-refractivity contribution in [1.82, 2.24) is 4.98 Å². The summed E-state index contributed by atoms with van der Waals surface area (Å²) in [6.45, 7) is 4.48. The standard InChI is InChI=1S/C10H16N2S/c1-8(2)4-6-13-9-3-5-12-10(11)7-9/h3,5,7-8H,4,6H2,1-2H3,(H2,11,12). The highest BCUT2D eigenvalue weighted by Gasteiger charge is 1.97. The van der Waals surface area contributed by atoms with Crippen molar-refractivity contribution in [3.05, 3.63) is 18.3 Å². The lowest BCUT2D eigenvalue weighted by Gasteiger charge is -2.04. The molecule has 3 heteroatoms. The zero-order chi connectivity index (χ0) is 9.68. The molecular formula is C10H16N2S. The Morgan fingerprint density at radius 3 is 2.92 bits per heavy atom. The molecule has 13 heavy (non-hydrogen) atoms. The Morgan fingerprint density at radius 1 is 1.54 bits per heavy atom. The number of aromatic nitrogens is 1. The lowest BCUT2D eigenvalue weighted by Crippen LogP contribution is -1.91. The van der Waals surface area contributed by atoms with E-state index in [2.05, 4.69) is 18.8 Å². The third kappa shape index (κ3) is 4.18. The number of nitrogens with zero attached hydrogens (tertiary/aromatic N) is 1. The van der Waals surface area contributed by atoms with Crippen LogP contribution in [0.2, 0.25) is 0 Å². The number of pyridine rings is 1. The van der Waals surface area contributed by atoms with E-state index < -0.39 is 0 Å². The molecule has 1 aromatic heterocycles. The molecule has 0 bridgehead atoms. The van der Waals surface area contributed by atoms with Gasteiger partial charge in [0.15, 0.2) is 0 Å². The number of anilines is 1. The van der Waals surface area contributed by atoms with E-state index in [9.17, 15) is 0 Å². The van der Waals surface area contributed by atoms with Crippen molar-refractivity contribution in [3.8, 4) is 0 Å². The molecular weight excluding hydrogens is 180 g/mol. The van der Waals surface area contributed by atoms with Crippen LogP contribution in [-0.2, 0) is 0 Å². The molecule has 72 valence electrons. The van der Waals surface area contributed by atoms with Crippen LogP contribution in [0, 0.1) is 5.92 Å². The van der Waals surface area contributed by atoms with Crippen LogP contribution in [0.1, 0.15) is 20.3 Å². The highest BCUT2D eigenvalue weighted by molar-refractivity contribution is 7.99. The predicted octanol–water partition coefficient (Wildman–Crippen LogP) is 2.80. The van der Waals surface area contributed by atoms with Gasteiger partial charge in [-0.15, -0.1) is 11.8 Å². The molecule has 1 rings (SSSR count). The Labute approximate surface area is 83.9 Å². The third-order valence-electron chi connectivity index (χ3n) is 1.72. The van der Waals surface area contributed by atoms with E-state index in [0.29, 0.717) is 5.82 Å². The molecule has 0 saturated carbocycles. The van der Waals surface area contributed by atoms with Crippen LogP contribution in [0.15, 0.2) is 23.2 Å². The van der Waals surface area contributed by atoms with E-state index in [1.54, 1.807) is 6.20 Å². The Balaban J connectivity index is 2.37. The van der Waals surface area contributed by atoms with E-state index in [4.69, 9.17) is 5.73 Å². The largest absolute Gasteiger partial charge is 0.384 e. The van der Waals surface area contributed by atoms with Crippen molar-refractivity contribution in [3.63, 3.8) is 0 Å². The Hall–Kier alpha value is -0.700. The average molecular weight is 196 g/mol. The fourth-order valence-electron chi connectivity index (χ4n) is 0.930. The molecule has 0 fully saturated rings. The maximum absolute atomic E-state index is 5.57. The van der Waals surface area contributed by atoms with E-state index >= 15 is 0 Å². The number of rotatable bonds is 4. The fraction of sp³-hybridized carbons (Fsp3) is 0.500. The van der Waals surface area contributed by atoms with Crippen LogP contribution in [-0.4, -0.2) is 10.7 Å². The van der Waals surface area contributed by atoms with Crippen LogP contribution < -0.4 is 5.73 Å². The molecule has 0 saturated heterocycles. The van der Waals surface area contributed by atoms with Gasteiger partial charge in [0.1, 0.15) is 5.82 Å². The normalized spacial score (nSPS) is 10.7. The van der Waals surface area contributed by atoms with Crippen LogP contribution in [0.25, 0.3) is 0 Å². The van der Waals surface area contributed by atoms with Crippen molar-refractivity contribution in [2.24, 2.45) is 5.92 Å². The van der Waals surface area contributed by atoms with Crippen molar-refractivity contribution < 1.29 is 0 Å². The van der Waals surface area contributed by atoms with Gasteiger partial charge in [0.05, 0.1) is 0 Å².